The topological polar surface area (TPSA) is 37.8 Å². The average Bonchev–Trinajstić information content (AvgIpc) is 2.50. The summed E-state index contributed by atoms with van der Waals surface area (Å²) in [4.78, 5) is 9.18. The van der Waals surface area contributed by atoms with Gasteiger partial charge in [0.15, 0.2) is 0 Å². The van der Waals surface area contributed by atoms with Crippen molar-refractivity contribution in [2.45, 2.75) is 46.2 Å². The van der Waals surface area contributed by atoms with E-state index in [1.807, 2.05) is 0 Å². The molecule has 0 aliphatic carbocycles. The minimum atomic E-state index is 0.0440. The SMILES string of the molecule is Cc1nc(C(C)(C)C)nc2c1CNC2. The number of hydrogen-bond acceptors (Lipinski definition) is 3. The Balaban J connectivity index is 2.52. The fraction of sp³-hybridized carbons (Fsp3) is 0.636. The summed E-state index contributed by atoms with van der Waals surface area (Å²) in [5.74, 6) is 0.956. The third kappa shape index (κ3) is 1.52. The Kier molecular flexibility index (Phi) is 2.07. The normalized spacial score (nSPS) is 15.7. The van der Waals surface area contributed by atoms with E-state index in [-0.39, 0.29) is 5.41 Å². The first kappa shape index (κ1) is 9.59. The number of nitrogens with zero attached hydrogens (tertiary/aromatic N) is 2. The summed E-state index contributed by atoms with van der Waals surface area (Å²) in [6, 6.07) is 0. The zero-order valence-corrected chi connectivity index (χ0v) is 9.31. The van der Waals surface area contributed by atoms with Gasteiger partial charge in [0.2, 0.25) is 0 Å². The number of hydrogen-bond donors (Lipinski definition) is 1. The van der Waals surface area contributed by atoms with Crippen molar-refractivity contribution in [3.8, 4) is 0 Å². The molecule has 1 aromatic heterocycles. The van der Waals surface area contributed by atoms with E-state index in [1.165, 1.54) is 11.3 Å². The van der Waals surface area contributed by atoms with Crippen molar-refractivity contribution in [2.24, 2.45) is 0 Å². The predicted molar refractivity (Wildman–Crippen MR) is 56.0 cm³/mol. The van der Waals surface area contributed by atoms with Crippen LogP contribution in [0.25, 0.3) is 0 Å². The molecule has 0 amide bonds. The van der Waals surface area contributed by atoms with Crippen molar-refractivity contribution in [3.63, 3.8) is 0 Å². The van der Waals surface area contributed by atoms with Crippen LogP contribution in [0.1, 0.15) is 43.5 Å². The molecule has 0 fully saturated rings. The number of aromatic nitrogens is 2. The van der Waals surface area contributed by atoms with Crippen molar-refractivity contribution < 1.29 is 0 Å². The second-order valence-electron chi connectivity index (χ2n) is 4.91. The summed E-state index contributed by atoms with van der Waals surface area (Å²) in [7, 11) is 0. The fourth-order valence-corrected chi connectivity index (χ4v) is 1.67. The molecule has 76 valence electrons. The lowest BCUT2D eigenvalue weighted by Crippen LogP contribution is -2.18. The van der Waals surface area contributed by atoms with Gasteiger partial charge >= 0.3 is 0 Å². The fourth-order valence-electron chi connectivity index (χ4n) is 1.67. The molecule has 2 rings (SSSR count). The van der Waals surface area contributed by atoms with Gasteiger partial charge in [-0.1, -0.05) is 20.8 Å². The van der Waals surface area contributed by atoms with Crippen LogP contribution in [0.3, 0.4) is 0 Å². The molecule has 1 aliphatic heterocycles. The minimum Gasteiger partial charge on any atom is -0.307 e. The highest BCUT2D eigenvalue weighted by Gasteiger charge is 2.22. The first-order valence-electron chi connectivity index (χ1n) is 5.06. The van der Waals surface area contributed by atoms with Crippen LogP contribution in [-0.2, 0) is 18.5 Å². The van der Waals surface area contributed by atoms with Gasteiger partial charge in [0, 0.05) is 29.8 Å². The Bertz CT molecular complexity index is 364. The van der Waals surface area contributed by atoms with E-state index in [4.69, 9.17) is 0 Å². The highest BCUT2D eigenvalue weighted by Crippen LogP contribution is 2.23. The van der Waals surface area contributed by atoms with Crippen LogP contribution in [0.4, 0.5) is 0 Å². The summed E-state index contributed by atoms with van der Waals surface area (Å²) in [6.45, 7) is 10.3. The van der Waals surface area contributed by atoms with E-state index in [2.05, 4.69) is 43.0 Å². The van der Waals surface area contributed by atoms with Gasteiger partial charge in [-0.05, 0) is 6.92 Å². The molecule has 0 saturated heterocycles. The molecule has 1 N–H and O–H groups in total. The lowest BCUT2D eigenvalue weighted by molar-refractivity contribution is 0.539. The molecule has 1 aromatic rings. The maximum atomic E-state index is 4.61. The summed E-state index contributed by atoms with van der Waals surface area (Å²) in [5, 5.41) is 3.30. The van der Waals surface area contributed by atoms with Crippen LogP contribution < -0.4 is 5.32 Å². The highest BCUT2D eigenvalue weighted by atomic mass is 15.0. The Hall–Kier alpha value is -0.960. The monoisotopic (exact) mass is 191 g/mol. The number of aryl methyl sites for hydroxylation is 1. The zero-order valence-electron chi connectivity index (χ0n) is 9.31. The van der Waals surface area contributed by atoms with Crippen LogP contribution in [0.2, 0.25) is 0 Å². The Morgan fingerprint density at radius 3 is 2.50 bits per heavy atom. The van der Waals surface area contributed by atoms with Gasteiger partial charge in [-0.25, -0.2) is 9.97 Å². The molecule has 0 aromatic carbocycles. The third-order valence-electron chi connectivity index (χ3n) is 2.56. The average molecular weight is 191 g/mol. The molecule has 0 saturated carbocycles. The van der Waals surface area contributed by atoms with Crippen molar-refractivity contribution in [3.05, 3.63) is 22.8 Å². The molecule has 0 atom stereocenters. The number of nitrogens with one attached hydrogen (secondary N) is 1. The largest absolute Gasteiger partial charge is 0.307 e. The van der Waals surface area contributed by atoms with E-state index in [1.54, 1.807) is 0 Å². The van der Waals surface area contributed by atoms with Crippen molar-refractivity contribution in [1.29, 1.82) is 0 Å². The smallest absolute Gasteiger partial charge is 0.134 e. The molecule has 0 bridgehead atoms. The van der Waals surface area contributed by atoms with Gasteiger partial charge in [-0.15, -0.1) is 0 Å². The van der Waals surface area contributed by atoms with Gasteiger partial charge < -0.3 is 5.32 Å². The van der Waals surface area contributed by atoms with Crippen LogP contribution in [0, 0.1) is 6.92 Å². The van der Waals surface area contributed by atoms with Crippen LogP contribution >= 0.6 is 0 Å². The van der Waals surface area contributed by atoms with Gasteiger partial charge in [0.1, 0.15) is 5.82 Å². The maximum Gasteiger partial charge on any atom is 0.134 e. The molecule has 3 nitrogen and oxygen atoms in total. The summed E-state index contributed by atoms with van der Waals surface area (Å²) >= 11 is 0. The predicted octanol–water partition coefficient (Wildman–Crippen LogP) is 1.69. The Morgan fingerprint density at radius 1 is 1.14 bits per heavy atom. The lowest BCUT2D eigenvalue weighted by Gasteiger charge is -2.18. The number of fused-ring (bicyclic) bond motifs is 1. The third-order valence-corrected chi connectivity index (χ3v) is 2.56. The summed E-state index contributed by atoms with van der Waals surface area (Å²) in [5.41, 5.74) is 3.65. The van der Waals surface area contributed by atoms with Crippen LogP contribution in [0.5, 0.6) is 0 Å². The van der Waals surface area contributed by atoms with Gasteiger partial charge in [-0.2, -0.15) is 0 Å². The van der Waals surface area contributed by atoms with E-state index < -0.39 is 0 Å². The van der Waals surface area contributed by atoms with Crippen LogP contribution in [0.15, 0.2) is 0 Å². The van der Waals surface area contributed by atoms with E-state index in [0.717, 1.165) is 24.6 Å². The maximum absolute atomic E-state index is 4.61. The minimum absolute atomic E-state index is 0.0440. The first-order valence-corrected chi connectivity index (χ1v) is 5.06. The molecule has 0 unspecified atom stereocenters. The van der Waals surface area contributed by atoms with E-state index >= 15 is 0 Å². The second kappa shape index (κ2) is 3.02. The van der Waals surface area contributed by atoms with Crippen molar-refractivity contribution >= 4 is 0 Å². The highest BCUT2D eigenvalue weighted by molar-refractivity contribution is 5.29. The molecular formula is C11H17N3. The quantitative estimate of drug-likeness (QED) is 0.678. The van der Waals surface area contributed by atoms with Crippen molar-refractivity contribution in [1.82, 2.24) is 15.3 Å². The number of rotatable bonds is 0. The van der Waals surface area contributed by atoms with Crippen LogP contribution in [-0.4, -0.2) is 9.97 Å². The van der Waals surface area contributed by atoms with Gasteiger partial charge in [-0.3, -0.25) is 0 Å². The molecule has 1 aliphatic rings. The first-order chi connectivity index (χ1) is 6.48. The lowest BCUT2D eigenvalue weighted by atomic mass is 9.95. The second-order valence-corrected chi connectivity index (χ2v) is 4.91. The Morgan fingerprint density at radius 2 is 1.86 bits per heavy atom. The van der Waals surface area contributed by atoms with E-state index in [0.29, 0.717) is 0 Å². The molecule has 14 heavy (non-hydrogen) atoms. The molecule has 0 radical (unpaired) electrons. The molecular weight excluding hydrogens is 174 g/mol. The molecule has 2 heterocycles. The summed E-state index contributed by atoms with van der Waals surface area (Å²) < 4.78 is 0. The molecule has 3 heteroatoms. The standard InChI is InChI=1S/C11H17N3/c1-7-8-5-12-6-9(8)14-10(13-7)11(2,3)4/h12H,5-6H2,1-4H3. The van der Waals surface area contributed by atoms with Crippen molar-refractivity contribution in [2.75, 3.05) is 0 Å². The summed E-state index contributed by atoms with van der Waals surface area (Å²) in [6.07, 6.45) is 0. The molecule has 0 spiro atoms. The van der Waals surface area contributed by atoms with E-state index in [9.17, 15) is 0 Å². The Labute approximate surface area is 85.0 Å². The van der Waals surface area contributed by atoms with Gasteiger partial charge in [0.05, 0.1) is 5.69 Å². The zero-order chi connectivity index (χ0) is 10.3. The van der Waals surface area contributed by atoms with Gasteiger partial charge in [0.25, 0.3) is 0 Å².